The molecule has 0 aliphatic heterocycles. The summed E-state index contributed by atoms with van der Waals surface area (Å²) in [5.41, 5.74) is 0.696. The highest BCUT2D eigenvalue weighted by Crippen LogP contribution is 2.11. The van der Waals surface area contributed by atoms with Gasteiger partial charge in [0, 0.05) is 5.69 Å². The van der Waals surface area contributed by atoms with E-state index in [4.69, 9.17) is 10.4 Å². The number of sulfonamides is 1. The molecule has 1 aromatic rings. The molecule has 0 unspecified atom stereocenters. The van der Waals surface area contributed by atoms with Gasteiger partial charge in [-0.05, 0) is 18.2 Å². The van der Waals surface area contributed by atoms with E-state index in [2.05, 4.69) is 4.72 Å². The summed E-state index contributed by atoms with van der Waals surface area (Å²) in [7, 11) is -3.52. The number of hydrogen-bond acceptors (Lipinski definition) is 4. The Hall–Kier alpha value is -1.58. The molecular weight excluding hydrogens is 216 g/mol. The molecule has 0 saturated carbocycles. The number of anilines is 1. The van der Waals surface area contributed by atoms with Crippen molar-refractivity contribution in [1.82, 2.24) is 0 Å². The van der Waals surface area contributed by atoms with Crippen molar-refractivity contribution in [2.75, 3.05) is 17.1 Å². The van der Waals surface area contributed by atoms with Gasteiger partial charge in [0.1, 0.15) is 0 Å². The van der Waals surface area contributed by atoms with Gasteiger partial charge in [-0.15, -0.1) is 0 Å². The van der Waals surface area contributed by atoms with Gasteiger partial charge in [0.25, 0.3) is 0 Å². The summed E-state index contributed by atoms with van der Waals surface area (Å²) < 4.78 is 24.7. The highest BCUT2D eigenvalue weighted by Gasteiger charge is 2.09. The van der Waals surface area contributed by atoms with Crippen LogP contribution in [0.3, 0.4) is 0 Å². The molecule has 80 valence electrons. The van der Waals surface area contributed by atoms with Gasteiger partial charge in [0.15, 0.2) is 0 Å². The fraction of sp³-hybridized carbons (Fsp3) is 0.222. The van der Waals surface area contributed by atoms with Crippen molar-refractivity contribution in [1.29, 1.82) is 5.26 Å². The molecule has 1 aromatic carbocycles. The lowest BCUT2D eigenvalue weighted by Crippen LogP contribution is -2.18. The van der Waals surface area contributed by atoms with Crippen LogP contribution in [-0.2, 0) is 10.0 Å². The van der Waals surface area contributed by atoms with Crippen LogP contribution in [0.4, 0.5) is 5.69 Å². The first kappa shape index (κ1) is 11.5. The van der Waals surface area contributed by atoms with E-state index in [-0.39, 0.29) is 5.75 Å². The predicted molar refractivity (Wildman–Crippen MR) is 55.7 cm³/mol. The molecule has 0 radical (unpaired) electrons. The minimum Gasteiger partial charge on any atom is -0.395 e. The van der Waals surface area contributed by atoms with Crippen molar-refractivity contribution >= 4 is 15.7 Å². The van der Waals surface area contributed by atoms with E-state index >= 15 is 0 Å². The molecule has 0 spiro atoms. The standard InChI is InChI=1S/C9H10N2O3S/c10-7-8-2-1-3-9(6-8)11-15(13,14)5-4-12/h1-3,6,11-12H,4-5H2. The maximum atomic E-state index is 11.2. The zero-order chi connectivity index (χ0) is 11.3. The Kier molecular flexibility index (Phi) is 3.66. The van der Waals surface area contributed by atoms with Gasteiger partial charge in [0.2, 0.25) is 10.0 Å². The largest absolute Gasteiger partial charge is 0.395 e. The third-order valence-corrected chi connectivity index (χ3v) is 2.89. The SMILES string of the molecule is N#Cc1cccc(NS(=O)(=O)CCO)c1. The molecule has 0 atom stereocenters. The Morgan fingerprint density at radius 2 is 2.20 bits per heavy atom. The third kappa shape index (κ3) is 3.58. The number of nitriles is 1. The zero-order valence-corrected chi connectivity index (χ0v) is 8.66. The van der Waals surface area contributed by atoms with Crippen molar-refractivity contribution < 1.29 is 13.5 Å². The van der Waals surface area contributed by atoms with Crippen LogP contribution in [-0.4, -0.2) is 25.9 Å². The number of nitrogens with one attached hydrogen (secondary N) is 1. The van der Waals surface area contributed by atoms with Crippen molar-refractivity contribution in [3.8, 4) is 6.07 Å². The summed E-state index contributed by atoms with van der Waals surface area (Å²) in [5.74, 6) is -0.357. The van der Waals surface area contributed by atoms with Gasteiger partial charge in [-0.25, -0.2) is 8.42 Å². The summed E-state index contributed by atoms with van der Waals surface area (Å²) in [6.45, 7) is -0.437. The van der Waals surface area contributed by atoms with Crippen LogP contribution in [0.25, 0.3) is 0 Å². The lowest BCUT2D eigenvalue weighted by atomic mass is 10.2. The third-order valence-electron chi connectivity index (χ3n) is 1.63. The summed E-state index contributed by atoms with van der Waals surface area (Å²) >= 11 is 0. The summed E-state index contributed by atoms with van der Waals surface area (Å²) in [5, 5.41) is 17.1. The summed E-state index contributed by atoms with van der Waals surface area (Å²) in [6, 6.07) is 8.02. The second kappa shape index (κ2) is 4.77. The predicted octanol–water partition coefficient (Wildman–Crippen LogP) is 0.292. The summed E-state index contributed by atoms with van der Waals surface area (Å²) in [4.78, 5) is 0. The smallest absolute Gasteiger partial charge is 0.234 e. The first-order chi connectivity index (χ1) is 7.07. The number of rotatable bonds is 4. The average molecular weight is 226 g/mol. The second-order valence-corrected chi connectivity index (χ2v) is 4.68. The van der Waals surface area contributed by atoms with E-state index in [9.17, 15) is 8.42 Å². The van der Waals surface area contributed by atoms with E-state index in [1.54, 1.807) is 12.1 Å². The van der Waals surface area contributed by atoms with Crippen LogP contribution in [0.5, 0.6) is 0 Å². The molecule has 5 nitrogen and oxygen atoms in total. The highest BCUT2D eigenvalue weighted by molar-refractivity contribution is 7.92. The van der Waals surface area contributed by atoms with E-state index in [1.807, 2.05) is 6.07 Å². The zero-order valence-electron chi connectivity index (χ0n) is 7.84. The summed E-state index contributed by atoms with van der Waals surface area (Å²) in [6.07, 6.45) is 0. The number of benzene rings is 1. The lowest BCUT2D eigenvalue weighted by molar-refractivity contribution is 0.320. The normalized spacial score (nSPS) is 10.7. The molecular formula is C9H10N2O3S. The van der Waals surface area contributed by atoms with E-state index < -0.39 is 16.6 Å². The Morgan fingerprint density at radius 3 is 2.80 bits per heavy atom. The Balaban J connectivity index is 2.86. The minimum absolute atomic E-state index is 0.322. The van der Waals surface area contributed by atoms with Crippen LogP contribution < -0.4 is 4.72 Å². The van der Waals surface area contributed by atoms with Gasteiger partial charge >= 0.3 is 0 Å². The first-order valence-electron chi connectivity index (χ1n) is 4.19. The fourth-order valence-electron chi connectivity index (χ4n) is 1.00. The molecule has 0 aromatic heterocycles. The average Bonchev–Trinajstić information content (AvgIpc) is 2.17. The van der Waals surface area contributed by atoms with E-state index in [1.165, 1.54) is 12.1 Å². The molecule has 6 heteroatoms. The maximum absolute atomic E-state index is 11.2. The minimum atomic E-state index is -3.52. The fourth-order valence-corrected chi connectivity index (χ4v) is 1.83. The Bertz CT molecular complexity index is 476. The number of hydrogen-bond donors (Lipinski definition) is 2. The van der Waals surface area contributed by atoms with Crippen LogP contribution in [0.2, 0.25) is 0 Å². The number of aliphatic hydroxyl groups excluding tert-OH is 1. The molecule has 15 heavy (non-hydrogen) atoms. The molecule has 1 rings (SSSR count). The van der Waals surface area contributed by atoms with Crippen molar-refractivity contribution in [2.45, 2.75) is 0 Å². The maximum Gasteiger partial charge on any atom is 0.234 e. The second-order valence-electron chi connectivity index (χ2n) is 2.84. The van der Waals surface area contributed by atoms with Gasteiger partial charge in [0.05, 0.1) is 24.0 Å². The quantitative estimate of drug-likeness (QED) is 0.772. The van der Waals surface area contributed by atoms with Crippen molar-refractivity contribution in [3.05, 3.63) is 29.8 Å². The first-order valence-corrected chi connectivity index (χ1v) is 5.84. The van der Waals surface area contributed by atoms with E-state index in [0.717, 1.165) is 0 Å². The van der Waals surface area contributed by atoms with Gasteiger partial charge in [-0.3, -0.25) is 4.72 Å². The molecule has 0 aliphatic carbocycles. The van der Waals surface area contributed by atoms with Crippen LogP contribution in [0.1, 0.15) is 5.56 Å². The molecule has 0 fully saturated rings. The molecule has 0 saturated heterocycles. The highest BCUT2D eigenvalue weighted by atomic mass is 32.2. The van der Waals surface area contributed by atoms with Crippen molar-refractivity contribution in [3.63, 3.8) is 0 Å². The van der Waals surface area contributed by atoms with Crippen LogP contribution >= 0.6 is 0 Å². The van der Waals surface area contributed by atoms with E-state index in [0.29, 0.717) is 11.3 Å². The number of aliphatic hydroxyl groups is 1. The van der Waals surface area contributed by atoms with Crippen molar-refractivity contribution in [2.24, 2.45) is 0 Å². The van der Waals surface area contributed by atoms with Crippen LogP contribution in [0.15, 0.2) is 24.3 Å². The lowest BCUT2D eigenvalue weighted by Gasteiger charge is -2.06. The molecule has 0 aliphatic rings. The van der Waals surface area contributed by atoms with Gasteiger partial charge in [-0.2, -0.15) is 5.26 Å². The van der Waals surface area contributed by atoms with Gasteiger partial charge < -0.3 is 5.11 Å². The van der Waals surface area contributed by atoms with Gasteiger partial charge in [-0.1, -0.05) is 6.07 Å². The topological polar surface area (TPSA) is 90.2 Å². The molecule has 0 amide bonds. The van der Waals surface area contributed by atoms with Crippen LogP contribution in [0, 0.1) is 11.3 Å². The molecule has 2 N–H and O–H groups in total. The Labute approximate surface area is 88.0 Å². The number of nitrogens with zero attached hydrogens (tertiary/aromatic N) is 1. The molecule has 0 bridgehead atoms. The molecule has 0 heterocycles. The Morgan fingerprint density at radius 1 is 1.47 bits per heavy atom. The monoisotopic (exact) mass is 226 g/mol.